The lowest BCUT2D eigenvalue weighted by molar-refractivity contribution is 0.287. The highest BCUT2D eigenvalue weighted by atomic mass is 32.2. The van der Waals surface area contributed by atoms with E-state index < -0.39 is 25.9 Å². The van der Waals surface area contributed by atoms with Crippen LogP contribution in [0.25, 0.3) is 0 Å². The smallest absolute Gasteiger partial charge is 0.241 e. The first-order valence-corrected chi connectivity index (χ1v) is 12.2. The van der Waals surface area contributed by atoms with E-state index in [9.17, 15) is 16.8 Å². The third-order valence-electron chi connectivity index (χ3n) is 3.96. The van der Waals surface area contributed by atoms with Crippen molar-refractivity contribution in [2.24, 2.45) is 0 Å². The van der Waals surface area contributed by atoms with Gasteiger partial charge in [-0.2, -0.15) is 0 Å². The van der Waals surface area contributed by atoms with Crippen LogP contribution in [0.4, 0.5) is 0 Å². The molecule has 154 valence electrons. The molecule has 0 radical (unpaired) electrons. The predicted octanol–water partition coefficient (Wildman–Crippen LogP) is 2.93. The minimum atomic E-state index is -3.83. The van der Waals surface area contributed by atoms with E-state index in [0.29, 0.717) is 30.3 Å². The van der Waals surface area contributed by atoms with E-state index in [4.69, 9.17) is 9.47 Å². The Kier molecular flexibility index (Phi) is 7.08. The van der Waals surface area contributed by atoms with Crippen LogP contribution in [0.5, 0.6) is 11.5 Å². The normalized spacial score (nSPS) is 13.1. The molecule has 0 aliphatic heterocycles. The quantitative estimate of drug-likeness (QED) is 0.661. The zero-order valence-electron chi connectivity index (χ0n) is 16.3. The maximum Gasteiger partial charge on any atom is 0.241 e. The Balaban J connectivity index is 2.25. The minimum Gasteiger partial charge on any atom is -0.490 e. The molecule has 2 aromatic carbocycles. The Morgan fingerprint density at radius 3 is 1.93 bits per heavy atom. The van der Waals surface area contributed by atoms with Gasteiger partial charge < -0.3 is 9.47 Å². The zero-order chi connectivity index (χ0) is 20.9. The monoisotopic (exact) mass is 427 g/mol. The van der Waals surface area contributed by atoms with Gasteiger partial charge in [0.2, 0.25) is 10.0 Å². The number of hydrogen-bond acceptors (Lipinski definition) is 6. The van der Waals surface area contributed by atoms with Crippen molar-refractivity contribution in [1.29, 1.82) is 0 Å². The average Bonchev–Trinajstić information content (AvgIpc) is 2.62. The van der Waals surface area contributed by atoms with Gasteiger partial charge in [-0.25, -0.2) is 21.6 Å². The van der Waals surface area contributed by atoms with Gasteiger partial charge in [-0.05, 0) is 62.7 Å². The molecule has 0 fully saturated rings. The fourth-order valence-electron chi connectivity index (χ4n) is 2.57. The molecule has 1 atom stereocenters. The second-order valence-corrected chi connectivity index (χ2v) is 9.89. The molecule has 9 heteroatoms. The van der Waals surface area contributed by atoms with Crippen LogP contribution in [-0.4, -0.2) is 36.3 Å². The van der Waals surface area contributed by atoms with E-state index in [1.807, 2.05) is 13.8 Å². The van der Waals surface area contributed by atoms with Crippen molar-refractivity contribution in [3.05, 3.63) is 48.0 Å². The van der Waals surface area contributed by atoms with Crippen LogP contribution in [0.15, 0.2) is 52.3 Å². The molecule has 0 amide bonds. The Morgan fingerprint density at radius 1 is 0.857 bits per heavy atom. The molecule has 2 rings (SSSR count). The molecule has 0 spiro atoms. The third kappa shape index (κ3) is 5.46. The maximum absolute atomic E-state index is 12.6. The first-order chi connectivity index (χ1) is 13.1. The van der Waals surface area contributed by atoms with Crippen molar-refractivity contribution in [2.75, 3.05) is 19.5 Å². The average molecular weight is 428 g/mol. The van der Waals surface area contributed by atoms with Gasteiger partial charge in [0.05, 0.1) is 23.0 Å². The van der Waals surface area contributed by atoms with E-state index >= 15 is 0 Å². The van der Waals surface area contributed by atoms with E-state index in [1.165, 1.54) is 24.3 Å². The molecule has 0 saturated heterocycles. The number of rotatable bonds is 9. The van der Waals surface area contributed by atoms with Crippen LogP contribution >= 0.6 is 0 Å². The molecule has 1 N–H and O–H groups in total. The van der Waals surface area contributed by atoms with E-state index in [-0.39, 0.29) is 9.79 Å². The molecule has 0 aliphatic rings. The standard InChI is InChI=1S/C19H25NO6S2/c1-5-25-18-12-7-15(13-19(18)26-6-2)14(3)20-28(23,24)17-10-8-16(9-11-17)27(4,21)22/h7-14,20H,5-6H2,1-4H3/t14-/m1/s1. The summed E-state index contributed by atoms with van der Waals surface area (Å²) in [6.45, 7) is 6.39. The zero-order valence-corrected chi connectivity index (χ0v) is 17.9. The number of sulfonamides is 1. The molecular weight excluding hydrogens is 402 g/mol. The van der Waals surface area contributed by atoms with Crippen LogP contribution in [0.1, 0.15) is 32.4 Å². The predicted molar refractivity (Wildman–Crippen MR) is 107 cm³/mol. The fraction of sp³-hybridized carbons (Fsp3) is 0.368. The summed E-state index contributed by atoms with van der Waals surface area (Å²) in [5, 5.41) is 0. The Hall–Kier alpha value is -2.10. The highest BCUT2D eigenvalue weighted by molar-refractivity contribution is 7.90. The molecule has 0 aromatic heterocycles. The second kappa shape index (κ2) is 8.93. The Labute approximate surface area is 166 Å². The SMILES string of the molecule is CCOc1ccc([C@@H](C)NS(=O)(=O)c2ccc(S(C)(=O)=O)cc2)cc1OCC. The summed E-state index contributed by atoms with van der Waals surface area (Å²) in [6.07, 6.45) is 1.07. The van der Waals surface area contributed by atoms with Gasteiger partial charge in [0.25, 0.3) is 0 Å². The van der Waals surface area contributed by atoms with Crippen LogP contribution < -0.4 is 14.2 Å². The van der Waals surface area contributed by atoms with Gasteiger partial charge in [-0.3, -0.25) is 0 Å². The van der Waals surface area contributed by atoms with Gasteiger partial charge in [0, 0.05) is 12.3 Å². The lowest BCUT2D eigenvalue weighted by atomic mass is 10.1. The van der Waals surface area contributed by atoms with Crippen LogP contribution in [0.3, 0.4) is 0 Å². The summed E-state index contributed by atoms with van der Waals surface area (Å²) in [5.74, 6) is 1.14. The summed E-state index contributed by atoms with van der Waals surface area (Å²) in [4.78, 5) is 0.0510. The third-order valence-corrected chi connectivity index (χ3v) is 6.65. The molecule has 0 bridgehead atoms. The van der Waals surface area contributed by atoms with Crippen molar-refractivity contribution in [1.82, 2.24) is 4.72 Å². The van der Waals surface area contributed by atoms with Crippen LogP contribution in [-0.2, 0) is 19.9 Å². The number of nitrogens with one attached hydrogen (secondary N) is 1. The maximum atomic E-state index is 12.6. The largest absolute Gasteiger partial charge is 0.490 e. The minimum absolute atomic E-state index is 0.0114. The van der Waals surface area contributed by atoms with Crippen molar-refractivity contribution in [3.8, 4) is 11.5 Å². The topological polar surface area (TPSA) is 98.8 Å². The van der Waals surface area contributed by atoms with Gasteiger partial charge in [0.1, 0.15) is 0 Å². The molecular formula is C19H25NO6S2. The van der Waals surface area contributed by atoms with Gasteiger partial charge in [-0.15, -0.1) is 0 Å². The van der Waals surface area contributed by atoms with E-state index in [2.05, 4.69) is 4.72 Å². The lowest BCUT2D eigenvalue weighted by Gasteiger charge is -2.17. The van der Waals surface area contributed by atoms with Crippen molar-refractivity contribution >= 4 is 19.9 Å². The molecule has 0 aliphatic carbocycles. The first kappa shape index (κ1) is 22.2. The first-order valence-electron chi connectivity index (χ1n) is 8.80. The number of sulfone groups is 1. The van der Waals surface area contributed by atoms with Gasteiger partial charge >= 0.3 is 0 Å². The number of hydrogen-bond donors (Lipinski definition) is 1. The molecule has 0 heterocycles. The number of ether oxygens (including phenoxy) is 2. The summed E-state index contributed by atoms with van der Waals surface area (Å²) in [6, 6.07) is 9.83. The molecule has 0 saturated carbocycles. The van der Waals surface area contributed by atoms with Crippen molar-refractivity contribution in [3.63, 3.8) is 0 Å². The summed E-state index contributed by atoms with van der Waals surface area (Å²) in [5.41, 5.74) is 0.711. The summed E-state index contributed by atoms with van der Waals surface area (Å²) < 4.78 is 62.0. The Bertz CT molecular complexity index is 1010. The Morgan fingerprint density at radius 2 is 1.39 bits per heavy atom. The van der Waals surface area contributed by atoms with Gasteiger partial charge in [-0.1, -0.05) is 6.07 Å². The highest BCUT2D eigenvalue weighted by Gasteiger charge is 2.20. The molecule has 7 nitrogen and oxygen atoms in total. The van der Waals surface area contributed by atoms with E-state index in [1.54, 1.807) is 25.1 Å². The number of benzene rings is 2. The van der Waals surface area contributed by atoms with Gasteiger partial charge in [0.15, 0.2) is 21.3 Å². The summed E-state index contributed by atoms with van der Waals surface area (Å²) in [7, 11) is -7.22. The fourth-order valence-corrected chi connectivity index (χ4v) is 4.43. The van der Waals surface area contributed by atoms with E-state index in [0.717, 1.165) is 6.26 Å². The second-order valence-electron chi connectivity index (χ2n) is 6.16. The molecule has 2 aromatic rings. The highest BCUT2D eigenvalue weighted by Crippen LogP contribution is 2.31. The van der Waals surface area contributed by atoms with Crippen molar-refractivity contribution in [2.45, 2.75) is 36.6 Å². The lowest BCUT2D eigenvalue weighted by Crippen LogP contribution is -2.27. The van der Waals surface area contributed by atoms with Crippen LogP contribution in [0, 0.1) is 0 Å². The molecule has 0 unspecified atom stereocenters. The molecule has 28 heavy (non-hydrogen) atoms. The summed E-state index contributed by atoms with van der Waals surface area (Å²) >= 11 is 0. The van der Waals surface area contributed by atoms with Crippen LogP contribution in [0.2, 0.25) is 0 Å². The van der Waals surface area contributed by atoms with Crippen molar-refractivity contribution < 1.29 is 26.3 Å².